The van der Waals surface area contributed by atoms with Gasteiger partial charge in [-0.2, -0.15) is 0 Å². The van der Waals surface area contributed by atoms with Gasteiger partial charge in [-0.05, 0) is 63.1 Å². The van der Waals surface area contributed by atoms with Crippen molar-refractivity contribution >= 4 is 38.5 Å². The topological polar surface area (TPSA) is 97.5 Å². The number of methoxy groups -OCH3 is 1. The van der Waals surface area contributed by atoms with Crippen molar-refractivity contribution in [2.24, 2.45) is 0 Å². The molecule has 0 aliphatic heterocycles. The van der Waals surface area contributed by atoms with Gasteiger partial charge in [0.15, 0.2) is 0 Å². The lowest BCUT2D eigenvalue weighted by Gasteiger charge is -2.20. The first-order chi connectivity index (χ1) is 17.5. The van der Waals surface area contributed by atoms with Crippen molar-refractivity contribution < 1.29 is 22.7 Å². The minimum atomic E-state index is -3.93. The second kappa shape index (κ2) is 10.6. The van der Waals surface area contributed by atoms with Gasteiger partial charge in [0.05, 0.1) is 23.4 Å². The highest BCUT2D eigenvalue weighted by molar-refractivity contribution is 7.89. The van der Waals surface area contributed by atoms with E-state index in [-0.39, 0.29) is 16.5 Å². The molecule has 0 unspecified atom stereocenters. The Morgan fingerprint density at radius 2 is 1.73 bits per heavy atom. The third-order valence-electron chi connectivity index (χ3n) is 5.68. The van der Waals surface area contributed by atoms with Gasteiger partial charge in [-0.1, -0.05) is 48.0 Å². The van der Waals surface area contributed by atoms with E-state index in [0.717, 1.165) is 16.8 Å². The number of fused-ring (bicyclic) bond motifs is 1. The normalized spacial score (nSPS) is 12.0. The molecule has 0 atom stereocenters. The Hall–Kier alpha value is -3.33. The fraction of sp³-hybridized carbons (Fsp3) is 0.250. The van der Waals surface area contributed by atoms with E-state index in [9.17, 15) is 13.2 Å². The molecule has 37 heavy (non-hydrogen) atoms. The number of hydrogen-bond donors (Lipinski definition) is 2. The largest absolute Gasteiger partial charge is 0.497 e. The van der Waals surface area contributed by atoms with Gasteiger partial charge in [0, 0.05) is 23.0 Å². The molecule has 0 amide bonds. The van der Waals surface area contributed by atoms with E-state index in [2.05, 4.69) is 9.71 Å². The van der Waals surface area contributed by atoms with Crippen LogP contribution >= 0.6 is 11.6 Å². The number of ether oxygens (including phenoxy) is 2. The summed E-state index contributed by atoms with van der Waals surface area (Å²) in [6, 6.07) is 19.4. The van der Waals surface area contributed by atoms with Crippen LogP contribution in [0.3, 0.4) is 0 Å². The van der Waals surface area contributed by atoms with Crippen LogP contribution in [0.25, 0.3) is 22.2 Å². The summed E-state index contributed by atoms with van der Waals surface area (Å²) >= 11 is 6.33. The van der Waals surface area contributed by atoms with Gasteiger partial charge in [-0.15, -0.1) is 0 Å². The number of nitrogens with one attached hydrogen (secondary N) is 2. The SMILES string of the molecule is COc1ccc(CCNS(=O)(=O)c2cc(-c3[nH]c4ccccc4c3C(=O)OC(C)(C)C)ccc2Cl)cc1. The van der Waals surface area contributed by atoms with Crippen LogP contribution in [0, 0.1) is 0 Å². The maximum absolute atomic E-state index is 13.2. The van der Waals surface area contributed by atoms with Crippen molar-refractivity contribution in [3.05, 3.63) is 82.9 Å². The zero-order chi connectivity index (χ0) is 26.8. The molecular formula is C28H29ClN2O5S. The van der Waals surface area contributed by atoms with Gasteiger partial charge >= 0.3 is 5.97 Å². The number of halogens is 1. The molecule has 0 spiro atoms. The lowest BCUT2D eigenvalue weighted by atomic mass is 10.0. The average Bonchev–Trinajstić information content (AvgIpc) is 3.23. The second-order valence-corrected chi connectivity index (χ2v) is 11.7. The second-order valence-electron chi connectivity index (χ2n) is 9.56. The molecule has 0 bridgehead atoms. The molecule has 1 heterocycles. The van der Waals surface area contributed by atoms with Gasteiger partial charge in [0.2, 0.25) is 10.0 Å². The molecule has 0 aliphatic carbocycles. The third-order valence-corrected chi connectivity index (χ3v) is 7.63. The van der Waals surface area contributed by atoms with Crippen LogP contribution in [0.4, 0.5) is 0 Å². The minimum Gasteiger partial charge on any atom is -0.497 e. The molecule has 0 fully saturated rings. The van der Waals surface area contributed by atoms with E-state index < -0.39 is 21.6 Å². The maximum atomic E-state index is 13.2. The van der Waals surface area contributed by atoms with Crippen LogP contribution in [-0.4, -0.2) is 38.6 Å². The summed E-state index contributed by atoms with van der Waals surface area (Å²) in [7, 11) is -2.34. The number of sulfonamides is 1. The summed E-state index contributed by atoms with van der Waals surface area (Å²) in [4.78, 5) is 16.4. The third kappa shape index (κ3) is 6.15. The number of hydrogen-bond acceptors (Lipinski definition) is 5. The van der Waals surface area contributed by atoms with Gasteiger partial charge < -0.3 is 14.5 Å². The van der Waals surface area contributed by atoms with E-state index in [1.165, 1.54) is 12.1 Å². The first kappa shape index (κ1) is 26.7. The van der Waals surface area contributed by atoms with E-state index >= 15 is 0 Å². The van der Waals surface area contributed by atoms with Crippen LogP contribution in [0.5, 0.6) is 5.75 Å². The summed E-state index contributed by atoms with van der Waals surface area (Å²) in [6.45, 7) is 5.57. The number of H-pyrrole nitrogens is 1. The Morgan fingerprint density at radius 3 is 2.41 bits per heavy atom. The highest BCUT2D eigenvalue weighted by Gasteiger charge is 2.26. The van der Waals surface area contributed by atoms with Gasteiger partial charge in [0.25, 0.3) is 0 Å². The van der Waals surface area contributed by atoms with Crippen molar-refractivity contribution in [1.82, 2.24) is 9.71 Å². The summed E-state index contributed by atoms with van der Waals surface area (Å²) in [5.74, 6) is 0.229. The molecule has 9 heteroatoms. The van der Waals surface area contributed by atoms with E-state index in [1.54, 1.807) is 33.9 Å². The van der Waals surface area contributed by atoms with E-state index in [0.29, 0.717) is 28.6 Å². The highest BCUT2D eigenvalue weighted by Crippen LogP contribution is 2.34. The molecule has 0 radical (unpaired) electrons. The molecule has 194 valence electrons. The fourth-order valence-corrected chi connectivity index (χ4v) is 5.52. The zero-order valence-electron chi connectivity index (χ0n) is 21.1. The predicted octanol–water partition coefficient (Wildman–Crippen LogP) is 5.97. The molecule has 1 aromatic heterocycles. The molecule has 0 aliphatic rings. The zero-order valence-corrected chi connectivity index (χ0v) is 22.7. The van der Waals surface area contributed by atoms with Crippen LogP contribution in [0.2, 0.25) is 5.02 Å². The van der Waals surface area contributed by atoms with Gasteiger partial charge in [0.1, 0.15) is 16.2 Å². The first-order valence-electron chi connectivity index (χ1n) is 11.7. The highest BCUT2D eigenvalue weighted by atomic mass is 35.5. The number of carbonyl (C=O) groups excluding carboxylic acids is 1. The quantitative estimate of drug-likeness (QED) is 0.268. The van der Waals surface area contributed by atoms with Crippen LogP contribution in [0.15, 0.2) is 71.6 Å². The number of carbonyl (C=O) groups is 1. The van der Waals surface area contributed by atoms with Crippen molar-refractivity contribution in [3.63, 3.8) is 0 Å². The van der Waals surface area contributed by atoms with Crippen LogP contribution in [0.1, 0.15) is 36.7 Å². The summed E-state index contributed by atoms with van der Waals surface area (Å²) < 4.78 is 39.8. The molecule has 2 N–H and O–H groups in total. The molecular weight excluding hydrogens is 512 g/mol. The Morgan fingerprint density at radius 1 is 1.03 bits per heavy atom. The van der Waals surface area contributed by atoms with E-state index in [1.807, 2.05) is 48.5 Å². The summed E-state index contributed by atoms with van der Waals surface area (Å²) in [5, 5.41) is 0.763. The maximum Gasteiger partial charge on any atom is 0.341 e. The standard InChI is InChI=1S/C28H29ClN2O5S/c1-28(2,3)36-27(32)25-21-7-5-6-8-23(21)31-26(25)19-11-14-22(29)24(17-19)37(33,34)30-16-15-18-9-12-20(35-4)13-10-18/h5-14,17,30-31H,15-16H2,1-4H3. The van der Waals surface area contributed by atoms with Gasteiger partial charge in [-0.25, -0.2) is 17.9 Å². The minimum absolute atomic E-state index is 0.0739. The number of esters is 1. The van der Waals surface area contributed by atoms with Crippen molar-refractivity contribution in [2.45, 2.75) is 37.7 Å². The van der Waals surface area contributed by atoms with Crippen molar-refractivity contribution in [3.8, 4) is 17.0 Å². The average molecular weight is 541 g/mol. The lowest BCUT2D eigenvalue weighted by molar-refractivity contribution is 0.00728. The Balaban J connectivity index is 1.65. The van der Waals surface area contributed by atoms with Crippen LogP contribution < -0.4 is 9.46 Å². The number of rotatable bonds is 8. The number of para-hydroxylation sites is 1. The smallest absolute Gasteiger partial charge is 0.341 e. The number of benzene rings is 3. The summed E-state index contributed by atoms with van der Waals surface area (Å²) in [6.07, 6.45) is 0.491. The van der Waals surface area contributed by atoms with Crippen LogP contribution in [-0.2, 0) is 21.2 Å². The first-order valence-corrected chi connectivity index (χ1v) is 13.6. The number of aromatic nitrogens is 1. The van der Waals surface area contributed by atoms with E-state index in [4.69, 9.17) is 21.1 Å². The Kier molecular flexibility index (Phi) is 7.64. The van der Waals surface area contributed by atoms with Gasteiger partial charge in [-0.3, -0.25) is 0 Å². The number of aromatic amines is 1. The molecule has 0 saturated heterocycles. The Labute approximate surface area is 221 Å². The molecule has 3 aromatic carbocycles. The predicted molar refractivity (Wildman–Crippen MR) is 146 cm³/mol. The van der Waals surface area contributed by atoms with Crippen molar-refractivity contribution in [2.75, 3.05) is 13.7 Å². The molecule has 4 aromatic rings. The van der Waals surface area contributed by atoms with Crippen molar-refractivity contribution in [1.29, 1.82) is 0 Å². The molecule has 0 saturated carbocycles. The fourth-order valence-electron chi connectivity index (χ4n) is 3.96. The monoisotopic (exact) mass is 540 g/mol. The molecule has 7 nitrogen and oxygen atoms in total. The lowest BCUT2D eigenvalue weighted by Crippen LogP contribution is -2.26. The summed E-state index contributed by atoms with van der Waals surface area (Å²) in [5.41, 5.74) is 2.29. The molecule has 4 rings (SSSR count). The Bertz CT molecular complexity index is 1540.